The molecule has 0 aromatic heterocycles. The van der Waals surface area contributed by atoms with Gasteiger partial charge in [0, 0.05) is 15.8 Å². The molecule has 0 fully saturated rings. The van der Waals surface area contributed by atoms with Crippen LogP contribution in [0.25, 0.3) is 0 Å². The van der Waals surface area contributed by atoms with E-state index in [2.05, 4.69) is 56.0 Å². The fourth-order valence-electron chi connectivity index (χ4n) is 1.46. The van der Waals surface area contributed by atoms with Gasteiger partial charge in [-0.2, -0.15) is 0 Å². The monoisotopic (exact) mass is 403 g/mol. The van der Waals surface area contributed by atoms with Gasteiger partial charge in [0.2, 0.25) is 0 Å². The van der Waals surface area contributed by atoms with Gasteiger partial charge in [-0.25, -0.2) is 0 Å². The van der Waals surface area contributed by atoms with Crippen molar-refractivity contribution in [2.24, 2.45) is 0 Å². The SMILES string of the molecule is Oc1ccc(CNc2ccccc2I)cc1Br. The quantitative estimate of drug-likeness (QED) is 0.745. The molecule has 17 heavy (non-hydrogen) atoms. The second-order valence-corrected chi connectivity index (χ2v) is 5.64. The lowest BCUT2D eigenvalue weighted by Gasteiger charge is -2.09. The molecular formula is C13H11BrINO. The third-order valence-electron chi connectivity index (χ3n) is 2.37. The molecule has 2 aromatic rings. The first kappa shape index (κ1) is 12.7. The summed E-state index contributed by atoms with van der Waals surface area (Å²) in [4.78, 5) is 0. The fraction of sp³-hybridized carbons (Fsp3) is 0.0769. The molecule has 0 amide bonds. The number of hydrogen-bond acceptors (Lipinski definition) is 2. The van der Waals surface area contributed by atoms with Crippen LogP contribution in [0.1, 0.15) is 5.56 Å². The third-order valence-corrected chi connectivity index (χ3v) is 3.94. The van der Waals surface area contributed by atoms with Crippen LogP contribution in [-0.4, -0.2) is 5.11 Å². The van der Waals surface area contributed by atoms with Crippen molar-refractivity contribution in [2.45, 2.75) is 6.54 Å². The largest absolute Gasteiger partial charge is 0.507 e. The van der Waals surface area contributed by atoms with Gasteiger partial charge in [0.15, 0.2) is 0 Å². The van der Waals surface area contributed by atoms with Crippen LogP contribution in [-0.2, 0) is 6.54 Å². The Kier molecular flexibility index (Phi) is 4.28. The van der Waals surface area contributed by atoms with E-state index in [0.717, 1.165) is 22.3 Å². The van der Waals surface area contributed by atoms with Crippen LogP contribution in [0.4, 0.5) is 5.69 Å². The first-order valence-electron chi connectivity index (χ1n) is 5.12. The predicted molar refractivity (Wildman–Crippen MR) is 82.3 cm³/mol. The van der Waals surface area contributed by atoms with Crippen LogP contribution >= 0.6 is 38.5 Å². The Morgan fingerprint density at radius 3 is 2.65 bits per heavy atom. The number of benzene rings is 2. The first-order chi connectivity index (χ1) is 8.16. The molecule has 0 aliphatic carbocycles. The molecular weight excluding hydrogens is 393 g/mol. The van der Waals surface area contributed by atoms with E-state index in [9.17, 15) is 5.11 Å². The normalized spacial score (nSPS) is 10.2. The summed E-state index contributed by atoms with van der Waals surface area (Å²) in [7, 11) is 0. The maximum atomic E-state index is 9.40. The highest BCUT2D eigenvalue weighted by molar-refractivity contribution is 14.1. The third kappa shape index (κ3) is 3.35. The second kappa shape index (κ2) is 5.73. The zero-order valence-electron chi connectivity index (χ0n) is 8.95. The van der Waals surface area contributed by atoms with E-state index in [0.29, 0.717) is 0 Å². The second-order valence-electron chi connectivity index (χ2n) is 3.62. The summed E-state index contributed by atoms with van der Waals surface area (Å²) in [6.07, 6.45) is 0. The molecule has 0 saturated heterocycles. The molecule has 0 aliphatic rings. The number of nitrogens with one attached hydrogen (secondary N) is 1. The van der Waals surface area contributed by atoms with E-state index in [1.165, 1.54) is 3.57 Å². The Morgan fingerprint density at radius 1 is 1.18 bits per heavy atom. The molecule has 0 heterocycles. The van der Waals surface area contributed by atoms with E-state index in [1.807, 2.05) is 24.3 Å². The topological polar surface area (TPSA) is 32.3 Å². The van der Waals surface area contributed by atoms with Crippen LogP contribution in [0.3, 0.4) is 0 Å². The predicted octanol–water partition coefficient (Wildman–Crippen LogP) is 4.37. The number of phenols is 1. The minimum Gasteiger partial charge on any atom is -0.507 e. The molecule has 0 spiro atoms. The average Bonchev–Trinajstić information content (AvgIpc) is 2.32. The molecule has 2 nitrogen and oxygen atoms in total. The summed E-state index contributed by atoms with van der Waals surface area (Å²) >= 11 is 5.61. The summed E-state index contributed by atoms with van der Waals surface area (Å²) < 4.78 is 1.92. The van der Waals surface area contributed by atoms with Crippen molar-refractivity contribution >= 4 is 44.2 Å². The number of hydrogen-bond donors (Lipinski definition) is 2. The minimum atomic E-state index is 0.267. The number of phenolic OH excluding ortho intramolecular Hbond substituents is 1. The van der Waals surface area contributed by atoms with Crippen LogP contribution in [0, 0.1) is 3.57 Å². The summed E-state index contributed by atoms with van der Waals surface area (Å²) in [5.41, 5.74) is 2.24. The van der Waals surface area contributed by atoms with Gasteiger partial charge in [-0.3, -0.25) is 0 Å². The van der Waals surface area contributed by atoms with Crippen molar-refractivity contribution in [3.63, 3.8) is 0 Å². The zero-order chi connectivity index (χ0) is 12.3. The zero-order valence-corrected chi connectivity index (χ0v) is 12.7. The van der Waals surface area contributed by atoms with Gasteiger partial charge >= 0.3 is 0 Å². The maximum absolute atomic E-state index is 9.40. The molecule has 4 heteroatoms. The summed E-state index contributed by atoms with van der Waals surface area (Å²) in [5, 5.41) is 12.8. The summed E-state index contributed by atoms with van der Waals surface area (Å²) in [6, 6.07) is 13.7. The van der Waals surface area contributed by atoms with Crippen LogP contribution in [0.2, 0.25) is 0 Å². The lowest BCUT2D eigenvalue weighted by atomic mass is 10.2. The molecule has 0 saturated carbocycles. The Labute approximate surface area is 122 Å². The van der Waals surface area contributed by atoms with Gasteiger partial charge in [0.05, 0.1) is 4.47 Å². The molecule has 0 radical (unpaired) electrons. The average molecular weight is 404 g/mol. The molecule has 0 unspecified atom stereocenters. The first-order valence-corrected chi connectivity index (χ1v) is 7.00. The van der Waals surface area contributed by atoms with Crippen LogP contribution in [0.5, 0.6) is 5.75 Å². The highest BCUT2D eigenvalue weighted by Crippen LogP contribution is 2.25. The van der Waals surface area contributed by atoms with Gasteiger partial charge in [0.25, 0.3) is 0 Å². The standard InChI is InChI=1S/C13H11BrINO/c14-10-7-9(5-6-13(10)17)8-16-12-4-2-1-3-11(12)15/h1-7,16-17H,8H2. The Bertz CT molecular complexity index is 531. The molecule has 88 valence electrons. The van der Waals surface area contributed by atoms with Crippen molar-refractivity contribution < 1.29 is 5.11 Å². The number of rotatable bonds is 3. The number of aromatic hydroxyl groups is 1. The van der Waals surface area contributed by atoms with Crippen molar-refractivity contribution in [3.05, 3.63) is 56.1 Å². The van der Waals surface area contributed by atoms with Crippen molar-refractivity contribution in [2.75, 3.05) is 5.32 Å². The molecule has 0 atom stereocenters. The Morgan fingerprint density at radius 2 is 1.94 bits per heavy atom. The maximum Gasteiger partial charge on any atom is 0.129 e. The molecule has 2 N–H and O–H groups in total. The van der Waals surface area contributed by atoms with Crippen LogP contribution in [0.15, 0.2) is 46.9 Å². The molecule has 0 aliphatic heterocycles. The van der Waals surface area contributed by atoms with Crippen LogP contribution < -0.4 is 5.32 Å². The lowest BCUT2D eigenvalue weighted by Crippen LogP contribution is -2.00. The fourth-order valence-corrected chi connectivity index (χ4v) is 2.47. The Hall–Kier alpha value is -0.750. The van der Waals surface area contributed by atoms with E-state index in [1.54, 1.807) is 6.07 Å². The molecule has 0 bridgehead atoms. The van der Waals surface area contributed by atoms with Gasteiger partial charge < -0.3 is 10.4 Å². The number of halogens is 2. The highest BCUT2D eigenvalue weighted by atomic mass is 127. The minimum absolute atomic E-state index is 0.267. The summed E-state index contributed by atoms with van der Waals surface area (Å²) in [5.74, 6) is 0.267. The van der Waals surface area contributed by atoms with Gasteiger partial charge in [-0.1, -0.05) is 18.2 Å². The molecule has 2 aromatic carbocycles. The van der Waals surface area contributed by atoms with Gasteiger partial charge in [-0.15, -0.1) is 0 Å². The smallest absolute Gasteiger partial charge is 0.129 e. The number of para-hydroxylation sites is 1. The Balaban J connectivity index is 2.08. The summed E-state index contributed by atoms with van der Waals surface area (Å²) in [6.45, 7) is 0.735. The highest BCUT2D eigenvalue weighted by Gasteiger charge is 2.01. The van der Waals surface area contributed by atoms with Crippen molar-refractivity contribution in [1.29, 1.82) is 0 Å². The van der Waals surface area contributed by atoms with E-state index < -0.39 is 0 Å². The number of anilines is 1. The van der Waals surface area contributed by atoms with Gasteiger partial charge in [-0.05, 0) is 68.3 Å². The molecule has 2 rings (SSSR count). The van der Waals surface area contributed by atoms with Crippen molar-refractivity contribution in [3.8, 4) is 5.75 Å². The van der Waals surface area contributed by atoms with Gasteiger partial charge in [0.1, 0.15) is 5.75 Å². The van der Waals surface area contributed by atoms with E-state index >= 15 is 0 Å². The van der Waals surface area contributed by atoms with Crippen molar-refractivity contribution in [1.82, 2.24) is 0 Å². The lowest BCUT2D eigenvalue weighted by molar-refractivity contribution is 0.471. The van der Waals surface area contributed by atoms with E-state index in [-0.39, 0.29) is 5.75 Å². The van der Waals surface area contributed by atoms with E-state index in [4.69, 9.17) is 0 Å².